The van der Waals surface area contributed by atoms with Gasteiger partial charge in [-0.3, -0.25) is 0 Å². The van der Waals surface area contributed by atoms with E-state index in [0.29, 0.717) is 5.89 Å². The predicted octanol–water partition coefficient (Wildman–Crippen LogP) is 2.76. The molecule has 0 aliphatic rings. The van der Waals surface area contributed by atoms with E-state index in [-0.39, 0.29) is 11.9 Å². The maximum absolute atomic E-state index is 12.7. The Balaban J connectivity index is 2.28. The third kappa shape index (κ3) is 2.12. The second-order valence-electron chi connectivity index (χ2n) is 3.59. The summed E-state index contributed by atoms with van der Waals surface area (Å²) in [6.07, 6.45) is 1.61. The number of hydrogen-bond donors (Lipinski definition) is 1. The molecule has 1 aromatic carbocycles. The molecule has 1 aromatic heterocycles. The summed E-state index contributed by atoms with van der Waals surface area (Å²) in [5.74, 6) is 0.247. The van der Waals surface area contributed by atoms with Crippen molar-refractivity contribution in [1.29, 1.82) is 0 Å². The van der Waals surface area contributed by atoms with Gasteiger partial charge in [-0.1, -0.05) is 0 Å². The first-order valence-corrected chi connectivity index (χ1v) is 5.09. The first-order chi connectivity index (χ1) is 7.70. The van der Waals surface area contributed by atoms with Crippen LogP contribution in [0.2, 0.25) is 0 Å². The lowest BCUT2D eigenvalue weighted by Gasteiger charge is -2.03. The highest BCUT2D eigenvalue weighted by molar-refractivity contribution is 5.52. The van der Waals surface area contributed by atoms with Crippen LogP contribution < -0.4 is 5.32 Å². The van der Waals surface area contributed by atoms with Gasteiger partial charge in [0.1, 0.15) is 12.1 Å². The number of nitrogens with zero attached hydrogens (tertiary/aromatic N) is 1. The van der Waals surface area contributed by atoms with Crippen LogP contribution in [0, 0.1) is 5.82 Å². The molecule has 0 radical (unpaired) electrons. The number of hydrogen-bond acceptors (Lipinski definition) is 3. The van der Waals surface area contributed by atoms with Crippen LogP contribution in [0.5, 0.6) is 0 Å². The lowest BCUT2D eigenvalue weighted by molar-refractivity contribution is 0.564. The lowest BCUT2D eigenvalue weighted by Crippen LogP contribution is -2.12. The Labute approximate surface area is 93.3 Å². The fourth-order valence-electron chi connectivity index (χ4n) is 1.36. The van der Waals surface area contributed by atoms with Gasteiger partial charge in [0.2, 0.25) is 5.89 Å². The molecule has 0 bridgehead atoms. The van der Waals surface area contributed by atoms with Gasteiger partial charge in [0.15, 0.2) is 0 Å². The van der Waals surface area contributed by atoms with E-state index in [0.717, 1.165) is 11.3 Å². The molecule has 2 aromatic rings. The lowest BCUT2D eigenvalue weighted by atomic mass is 10.2. The Morgan fingerprint density at radius 1 is 1.31 bits per heavy atom. The number of rotatable bonds is 3. The summed E-state index contributed by atoms with van der Waals surface area (Å²) < 4.78 is 18.1. The number of benzene rings is 1. The zero-order valence-corrected chi connectivity index (χ0v) is 9.20. The minimum absolute atomic E-state index is 0.137. The molecule has 0 saturated carbocycles. The Morgan fingerprint density at radius 2 is 2.00 bits per heavy atom. The molecule has 0 saturated heterocycles. The Bertz CT molecular complexity index is 464. The molecule has 0 amide bonds. The van der Waals surface area contributed by atoms with E-state index < -0.39 is 0 Å². The molecule has 1 heterocycles. The van der Waals surface area contributed by atoms with E-state index in [2.05, 4.69) is 10.3 Å². The van der Waals surface area contributed by atoms with Crippen LogP contribution in [0.1, 0.15) is 18.7 Å². The molecule has 84 valence electrons. The van der Waals surface area contributed by atoms with Gasteiger partial charge in [-0.05, 0) is 38.2 Å². The van der Waals surface area contributed by atoms with Gasteiger partial charge in [-0.2, -0.15) is 0 Å². The summed E-state index contributed by atoms with van der Waals surface area (Å²) in [5.41, 5.74) is 1.61. The maximum atomic E-state index is 12.7. The first kappa shape index (κ1) is 10.8. The fraction of sp³-hybridized carbons (Fsp3) is 0.250. The average Bonchev–Trinajstić information content (AvgIpc) is 2.78. The van der Waals surface area contributed by atoms with E-state index in [1.807, 2.05) is 14.0 Å². The SMILES string of the molecule is CNC(C)c1coc(-c2ccc(F)cc2)n1. The highest BCUT2D eigenvalue weighted by Crippen LogP contribution is 2.21. The third-order valence-corrected chi connectivity index (χ3v) is 2.49. The van der Waals surface area contributed by atoms with Gasteiger partial charge >= 0.3 is 0 Å². The summed E-state index contributed by atoms with van der Waals surface area (Å²) >= 11 is 0. The van der Waals surface area contributed by atoms with E-state index in [1.54, 1.807) is 18.4 Å². The monoisotopic (exact) mass is 220 g/mol. The summed E-state index contributed by atoms with van der Waals surface area (Å²) in [5, 5.41) is 3.07. The Morgan fingerprint density at radius 3 is 2.62 bits per heavy atom. The average molecular weight is 220 g/mol. The van der Waals surface area contributed by atoms with Crippen molar-refractivity contribution in [2.24, 2.45) is 0 Å². The summed E-state index contributed by atoms with van der Waals surface area (Å²) in [6, 6.07) is 6.21. The zero-order chi connectivity index (χ0) is 11.5. The number of halogens is 1. The molecule has 0 fully saturated rings. The van der Waals surface area contributed by atoms with E-state index in [4.69, 9.17) is 4.42 Å². The molecule has 3 nitrogen and oxygen atoms in total. The van der Waals surface area contributed by atoms with Crippen molar-refractivity contribution >= 4 is 0 Å². The van der Waals surface area contributed by atoms with Crippen LogP contribution in [0.25, 0.3) is 11.5 Å². The van der Waals surface area contributed by atoms with Gasteiger partial charge in [0.25, 0.3) is 0 Å². The molecule has 1 N–H and O–H groups in total. The second kappa shape index (κ2) is 4.45. The van der Waals surface area contributed by atoms with Crippen molar-refractivity contribution < 1.29 is 8.81 Å². The van der Waals surface area contributed by atoms with Crippen molar-refractivity contribution in [2.45, 2.75) is 13.0 Å². The summed E-state index contributed by atoms with van der Waals surface area (Å²) in [4.78, 5) is 4.33. The predicted molar refractivity (Wildman–Crippen MR) is 59.4 cm³/mol. The third-order valence-electron chi connectivity index (χ3n) is 2.49. The van der Waals surface area contributed by atoms with Gasteiger partial charge in [0.05, 0.1) is 5.69 Å². The quantitative estimate of drug-likeness (QED) is 0.864. The molecule has 1 unspecified atom stereocenters. The molecule has 2 rings (SSSR count). The normalized spacial score (nSPS) is 12.7. The van der Waals surface area contributed by atoms with E-state index in [9.17, 15) is 4.39 Å². The highest BCUT2D eigenvalue weighted by Gasteiger charge is 2.10. The Kier molecular flexibility index (Phi) is 3.01. The largest absolute Gasteiger partial charge is 0.444 e. The van der Waals surface area contributed by atoms with Crippen molar-refractivity contribution in [3.63, 3.8) is 0 Å². The second-order valence-corrected chi connectivity index (χ2v) is 3.59. The molecule has 0 aliphatic heterocycles. The van der Waals surface area contributed by atoms with Crippen molar-refractivity contribution in [2.75, 3.05) is 7.05 Å². The van der Waals surface area contributed by atoms with Gasteiger partial charge < -0.3 is 9.73 Å². The highest BCUT2D eigenvalue weighted by atomic mass is 19.1. The van der Waals surface area contributed by atoms with Crippen LogP contribution >= 0.6 is 0 Å². The molecule has 0 spiro atoms. The summed E-state index contributed by atoms with van der Waals surface area (Å²) in [7, 11) is 1.86. The maximum Gasteiger partial charge on any atom is 0.226 e. The number of nitrogens with one attached hydrogen (secondary N) is 1. The van der Waals surface area contributed by atoms with Gasteiger partial charge in [0, 0.05) is 11.6 Å². The Hall–Kier alpha value is -1.68. The smallest absolute Gasteiger partial charge is 0.226 e. The fourth-order valence-corrected chi connectivity index (χ4v) is 1.36. The standard InChI is InChI=1S/C12H13FN2O/c1-8(14-2)11-7-16-12(15-11)9-3-5-10(13)6-4-9/h3-8,14H,1-2H3. The van der Waals surface area contributed by atoms with Crippen LogP contribution in [-0.2, 0) is 0 Å². The van der Waals surface area contributed by atoms with Crippen LogP contribution in [-0.4, -0.2) is 12.0 Å². The molecular formula is C12H13FN2O. The van der Waals surface area contributed by atoms with Crippen molar-refractivity contribution in [3.05, 3.63) is 42.0 Å². The van der Waals surface area contributed by atoms with E-state index in [1.165, 1.54) is 12.1 Å². The van der Waals surface area contributed by atoms with Gasteiger partial charge in [-0.25, -0.2) is 9.37 Å². The van der Waals surface area contributed by atoms with Crippen molar-refractivity contribution in [1.82, 2.24) is 10.3 Å². The molecule has 1 atom stereocenters. The molecule has 0 aliphatic carbocycles. The number of oxazole rings is 1. The first-order valence-electron chi connectivity index (χ1n) is 5.09. The van der Waals surface area contributed by atoms with Crippen LogP contribution in [0.15, 0.2) is 34.9 Å². The van der Waals surface area contributed by atoms with Crippen LogP contribution in [0.4, 0.5) is 4.39 Å². The topological polar surface area (TPSA) is 38.1 Å². The molecule has 16 heavy (non-hydrogen) atoms. The number of aromatic nitrogens is 1. The van der Waals surface area contributed by atoms with Gasteiger partial charge in [-0.15, -0.1) is 0 Å². The zero-order valence-electron chi connectivity index (χ0n) is 9.20. The molecule has 4 heteroatoms. The minimum Gasteiger partial charge on any atom is -0.444 e. The molecular weight excluding hydrogens is 207 g/mol. The van der Waals surface area contributed by atoms with Crippen molar-refractivity contribution in [3.8, 4) is 11.5 Å². The van der Waals surface area contributed by atoms with Crippen LogP contribution in [0.3, 0.4) is 0 Å². The minimum atomic E-state index is -0.265. The summed E-state index contributed by atoms with van der Waals surface area (Å²) in [6.45, 7) is 1.99. The van der Waals surface area contributed by atoms with E-state index >= 15 is 0 Å².